The van der Waals surface area contributed by atoms with Crippen molar-refractivity contribution in [1.82, 2.24) is 5.32 Å². The molecule has 0 radical (unpaired) electrons. The zero-order chi connectivity index (χ0) is 15.4. The SMILES string of the molecule is CCC(NC(=O)c1ccc(F)cc1C)c1ccc(C)cc1. The first-order valence-corrected chi connectivity index (χ1v) is 7.15. The molecule has 2 aromatic rings. The van der Waals surface area contributed by atoms with E-state index >= 15 is 0 Å². The Kier molecular flexibility index (Phi) is 4.73. The van der Waals surface area contributed by atoms with Gasteiger partial charge in [0.25, 0.3) is 5.91 Å². The highest BCUT2D eigenvalue weighted by Crippen LogP contribution is 2.19. The Hall–Kier alpha value is -2.16. The lowest BCUT2D eigenvalue weighted by molar-refractivity contribution is 0.0935. The van der Waals surface area contributed by atoms with Crippen LogP contribution >= 0.6 is 0 Å². The first-order chi connectivity index (χ1) is 10.0. The van der Waals surface area contributed by atoms with Crippen molar-refractivity contribution in [3.8, 4) is 0 Å². The number of rotatable bonds is 4. The molecular weight excluding hydrogens is 265 g/mol. The van der Waals surface area contributed by atoms with Gasteiger partial charge >= 0.3 is 0 Å². The van der Waals surface area contributed by atoms with Crippen molar-refractivity contribution in [1.29, 1.82) is 0 Å². The summed E-state index contributed by atoms with van der Waals surface area (Å²) in [7, 11) is 0. The Balaban J connectivity index is 2.18. The van der Waals surface area contributed by atoms with E-state index in [9.17, 15) is 9.18 Å². The van der Waals surface area contributed by atoms with E-state index in [1.165, 1.54) is 23.8 Å². The van der Waals surface area contributed by atoms with Crippen LogP contribution in [0.25, 0.3) is 0 Å². The summed E-state index contributed by atoms with van der Waals surface area (Å²) in [6.45, 7) is 5.80. The van der Waals surface area contributed by atoms with Crippen molar-refractivity contribution in [3.05, 3.63) is 70.5 Å². The van der Waals surface area contributed by atoms with E-state index in [2.05, 4.69) is 5.32 Å². The van der Waals surface area contributed by atoms with Crippen LogP contribution in [0.1, 0.15) is 46.4 Å². The van der Waals surface area contributed by atoms with Crippen LogP contribution in [0, 0.1) is 19.7 Å². The number of nitrogens with one attached hydrogen (secondary N) is 1. The highest BCUT2D eigenvalue weighted by molar-refractivity contribution is 5.95. The van der Waals surface area contributed by atoms with Crippen molar-refractivity contribution < 1.29 is 9.18 Å². The highest BCUT2D eigenvalue weighted by atomic mass is 19.1. The number of aryl methyl sites for hydroxylation is 2. The Labute approximate surface area is 125 Å². The summed E-state index contributed by atoms with van der Waals surface area (Å²) in [6, 6.07) is 12.3. The van der Waals surface area contributed by atoms with Crippen molar-refractivity contribution in [2.24, 2.45) is 0 Å². The zero-order valence-electron chi connectivity index (χ0n) is 12.6. The fraction of sp³-hybridized carbons (Fsp3) is 0.278. The van der Waals surface area contributed by atoms with Gasteiger partial charge < -0.3 is 5.32 Å². The van der Waals surface area contributed by atoms with E-state index in [1.807, 2.05) is 38.1 Å². The molecule has 1 unspecified atom stereocenters. The van der Waals surface area contributed by atoms with Crippen molar-refractivity contribution in [3.63, 3.8) is 0 Å². The van der Waals surface area contributed by atoms with Crippen LogP contribution in [-0.2, 0) is 0 Å². The molecule has 1 atom stereocenters. The van der Waals surface area contributed by atoms with Crippen molar-refractivity contribution >= 4 is 5.91 Å². The molecular formula is C18H20FNO. The van der Waals surface area contributed by atoms with Gasteiger partial charge in [0.1, 0.15) is 5.82 Å². The first kappa shape index (κ1) is 15.2. The van der Waals surface area contributed by atoms with Gasteiger partial charge in [0.05, 0.1) is 6.04 Å². The van der Waals surface area contributed by atoms with Gasteiger partial charge in [0.2, 0.25) is 0 Å². The molecule has 0 aromatic heterocycles. The molecule has 1 amide bonds. The minimum Gasteiger partial charge on any atom is -0.345 e. The zero-order valence-corrected chi connectivity index (χ0v) is 12.6. The molecule has 21 heavy (non-hydrogen) atoms. The van der Waals surface area contributed by atoms with E-state index in [0.717, 1.165) is 12.0 Å². The quantitative estimate of drug-likeness (QED) is 0.890. The van der Waals surface area contributed by atoms with Crippen LogP contribution in [0.4, 0.5) is 4.39 Å². The maximum Gasteiger partial charge on any atom is 0.252 e. The molecule has 2 aromatic carbocycles. The smallest absolute Gasteiger partial charge is 0.252 e. The van der Waals surface area contributed by atoms with Gasteiger partial charge in [-0.3, -0.25) is 4.79 Å². The molecule has 0 saturated heterocycles. The molecule has 3 heteroatoms. The van der Waals surface area contributed by atoms with Gasteiger partial charge in [-0.2, -0.15) is 0 Å². The summed E-state index contributed by atoms with van der Waals surface area (Å²) in [6.07, 6.45) is 0.801. The second-order valence-corrected chi connectivity index (χ2v) is 5.30. The summed E-state index contributed by atoms with van der Waals surface area (Å²) in [5.41, 5.74) is 3.43. The molecule has 2 rings (SSSR count). The second-order valence-electron chi connectivity index (χ2n) is 5.30. The summed E-state index contributed by atoms with van der Waals surface area (Å²) < 4.78 is 13.1. The normalized spacial score (nSPS) is 12.0. The molecule has 0 aliphatic carbocycles. The van der Waals surface area contributed by atoms with E-state index in [0.29, 0.717) is 11.1 Å². The fourth-order valence-corrected chi connectivity index (χ4v) is 2.34. The van der Waals surface area contributed by atoms with E-state index in [4.69, 9.17) is 0 Å². The lowest BCUT2D eigenvalue weighted by atomic mass is 10.0. The number of carbonyl (C=O) groups excluding carboxylic acids is 1. The number of benzene rings is 2. The van der Waals surface area contributed by atoms with Gasteiger partial charge in [-0.15, -0.1) is 0 Å². The largest absolute Gasteiger partial charge is 0.345 e. The summed E-state index contributed by atoms with van der Waals surface area (Å²) in [4.78, 5) is 12.4. The second kappa shape index (κ2) is 6.53. The summed E-state index contributed by atoms with van der Waals surface area (Å²) in [5, 5.41) is 3.02. The molecule has 0 heterocycles. The molecule has 2 nitrogen and oxygen atoms in total. The van der Waals surface area contributed by atoms with Crippen LogP contribution < -0.4 is 5.32 Å². The summed E-state index contributed by atoms with van der Waals surface area (Å²) >= 11 is 0. The number of hydrogen-bond acceptors (Lipinski definition) is 1. The highest BCUT2D eigenvalue weighted by Gasteiger charge is 2.15. The molecule has 0 aliphatic rings. The Morgan fingerprint density at radius 3 is 2.38 bits per heavy atom. The molecule has 0 fully saturated rings. The molecule has 0 aliphatic heterocycles. The third-order valence-electron chi connectivity index (χ3n) is 3.63. The molecule has 110 valence electrons. The molecule has 0 spiro atoms. The number of carbonyl (C=O) groups is 1. The number of amides is 1. The van der Waals surface area contributed by atoms with Gasteiger partial charge in [-0.05, 0) is 49.6 Å². The van der Waals surface area contributed by atoms with Gasteiger partial charge in [0.15, 0.2) is 0 Å². The predicted molar refractivity (Wildman–Crippen MR) is 82.8 cm³/mol. The molecule has 1 N–H and O–H groups in total. The predicted octanol–water partition coefficient (Wildman–Crippen LogP) is 4.32. The van der Waals surface area contributed by atoms with E-state index < -0.39 is 0 Å². The Morgan fingerprint density at radius 2 is 1.81 bits per heavy atom. The van der Waals surface area contributed by atoms with Gasteiger partial charge in [0, 0.05) is 5.56 Å². The average molecular weight is 285 g/mol. The minimum absolute atomic E-state index is 0.0393. The summed E-state index contributed by atoms with van der Waals surface area (Å²) in [5.74, 6) is -0.491. The molecule has 0 saturated carbocycles. The lowest BCUT2D eigenvalue weighted by Crippen LogP contribution is -2.28. The van der Waals surface area contributed by atoms with E-state index in [1.54, 1.807) is 6.92 Å². The van der Waals surface area contributed by atoms with Gasteiger partial charge in [-0.25, -0.2) is 4.39 Å². The van der Waals surface area contributed by atoms with Crippen molar-refractivity contribution in [2.45, 2.75) is 33.2 Å². The minimum atomic E-state index is -0.324. The molecule has 0 bridgehead atoms. The average Bonchev–Trinajstić information content (AvgIpc) is 2.45. The fourth-order valence-electron chi connectivity index (χ4n) is 2.34. The lowest BCUT2D eigenvalue weighted by Gasteiger charge is -2.18. The van der Waals surface area contributed by atoms with Crippen molar-refractivity contribution in [2.75, 3.05) is 0 Å². The van der Waals surface area contributed by atoms with Crippen LogP contribution in [0.2, 0.25) is 0 Å². The third kappa shape index (κ3) is 3.69. The van der Waals surface area contributed by atoms with Crippen LogP contribution in [0.3, 0.4) is 0 Å². The Bertz CT molecular complexity index is 634. The first-order valence-electron chi connectivity index (χ1n) is 7.15. The van der Waals surface area contributed by atoms with Gasteiger partial charge in [-0.1, -0.05) is 36.8 Å². The Morgan fingerprint density at radius 1 is 1.14 bits per heavy atom. The number of hydrogen-bond donors (Lipinski definition) is 1. The maximum absolute atomic E-state index is 13.1. The van der Waals surface area contributed by atoms with E-state index in [-0.39, 0.29) is 17.8 Å². The van der Waals surface area contributed by atoms with Crippen LogP contribution in [0.15, 0.2) is 42.5 Å². The van der Waals surface area contributed by atoms with Crippen LogP contribution in [0.5, 0.6) is 0 Å². The standard InChI is InChI=1S/C18H20FNO/c1-4-17(14-7-5-12(2)6-8-14)20-18(21)16-10-9-15(19)11-13(16)3/h5-11,17H,4H2,1-3H3,(H,20,21). The van der Waals surface area contributed by atoms with Crippen LogP contribution in [-0.4, -0.2) is 5.91 Å². The topological polar surface area (TPSA) is 29.1 Å². The maximum atomic E-state index is 13.1. The third-order valence-corrected chi connectivity index (χ3v) is 3.63. The number of halogens is 1. The monoisotopic (exact) mass is 285 g/mol.